The molecule has 6 heteroatoms. The molecular formula is C11H15BrClO3P. The fourth-order valence-electron chi connectivity index (χ4n) is 1.38. The standard InChI is InChI=1S/C11H15BrClO3P/c1-3-15-17(14,16-4-2)8-9-5-6-10(12)11(13)7-9/h5-7H,3-4,8H2,1-2H3. The van der Waals surface area contributed by atoms with Crippen molar-refractivity contribution in [3.8, 4) is 0 Å². The molecule has 1 rings (SSSR count). The Bertz CT molecular complexity index is 415. The maximum atomic E-state index is 12.3. The van der Waals surface area contributed by atoms with Crippen LogP contribution in [-0.4, -0.2) is 13.2 Å². The maximum absolute atomic E-state index is 12.3. The molecule has 0 atom stereocenters. The average molecular weight is 342 g/mol. The largest absolute Gasteiger partial charge is 0.335 e. The first-order valence-electron chi connectivity index (χ1n) is 5.33. The molecule has 0 N–H and O–H groups in total. The van der Waals surface area contributed by atoms with Crippen LogP contribution in [-0.2, 0) is 19.8 Å². The summed E-state index contributed by atoms with van der Waals surface area (Å²) in [7, 11) is -3.05. The molecule has 1 aromatic carbocycles. The smallest absolute Gasteiger partial charge is 0.309 e. The van der Waals surface area contributed by atoms with Gasteiger partial charge in [-0.25, -0.2) is 0 Å². The third kappa shape index (κ3) is 4.72. The van der Waals surface area contributed by atoms with E-state index in [9.17, 15) is 4.57 Å². The summed E-state index contributed by atoms with van der Waals surface area (Å²) in [5.41, 5.74) is 0.837. The van der Waals surface area contributed by atoms with Crippen molar-refractivity contribution in [1.29, 1.82) is 0 Å². The van der Waals surface area contributed by atoms with Gasteiger partial charge in [0.15, 0.2) is 0 Å². The second kappa shape index (κ2) is 6.91. The predicted molar refractivity (Wildman–Crippen MR) is 73.7 cm³/mol. The van der Waals surface area contributed by atoms with Gasteiger partial charge >= 0.3 is 7.60 Å². The third-order valence-corrected chi connectivity index (χ3v) is 5.30. The van der Waals surface area contributed by atoms with E-state index in [1.165, 1.54) is 0 Å². The molecule has 0 amide bonds. The Kier molecular flexibility index (Phi) is 6.18. The second-order valence-corrected chi connectivity index (χ2v) is 6.67. The second-order valence-electron chi connectivity index (χ2n) is 3.35. The molecule has 0 aliphatic heterocycles. The molecule has 3 nitrogen and oxygen atoms in total. The summed E-state index contributed by atoms with van der Waals surface area (Å²) in [5.74, 6) is 0. The molecule has 0 bridgehead atoms. The lowest BCUT2D eigenvalue weighted by atomic mass is 10.2. The van der Waals surface area contributed by atoms with Crippen molar-refractivity contribution >= 4 is 35.1 Å². The van der Waals surface area contributed by atoms with E-state index in [-0.39, 0.29) is 6.16 Å². The van der Waals surface area contributed by atoms with Gasteiger partial charge in [-0.2, -0.15) is 0 Å². The van der Waals surface area contributed by atoms with Crippen LogP contribution in [0.4, 0.5) is 0 Å². The molecule has 0 aromatic heterocycles. The molecule has 0 spiro atoms. The van der Waals surface area contributed by atoms with E-state index >= 15 is 0 Å². The highest BCUT2D eigenvalue weighted by Gasteiger charge is 2.24. The number of rotatable bonds is 6. The molecule has 1 aromatic rings. The third-order valence-electron chi connectivity index (χ3n) is 2.01. The van der Waals surface area contributed by atoms with E-state index < -0.39 is 7.60 Å². The van der Waals surface area contributed by atoms with Crippen LogP contribution in [0.5, 0.6) is 0 Å². The highest BCUT2D eigenvalue weighted by atomic mass is 79.9. The van der Waals surface area contributed by atoms with Gasteiger partial charge in [0, 0.05) is 4.47 Å². The molecule has 0 aliphatic rings. The summed E-state index contributed by atoms with van der Waals surface area (Å²) in [4.78, 5) is 0. The molecule has 0 saturated carbocycles. The van der Waals surface area contributed by atoms with Crippen LogP contribution in [0.1, 0.15) is 19.4 Å². The molecule has 17 heavy (non-hydrogen) atoms. The Morgan fingerprint density at radius 3 is 2.35 bits per heavy atom. The van der Waals surface area contributed by atoms with Gasteiger partial charge in [0.25, 0.3) is 0 Å². The van der Waals surface area contributed by atoms with E-state index in [1.807, 2.05) is 12.1 Å². The van der Waals surface area contributed by atoms with Crippen molar-refractivity contribution in [2.45, 2.75) is 20.0 Å². The Hall–Kier alpha value is 0.140. The lowest BCUT2D eigenvalue weighted by Crippen LogP contribution is -1.99. The number of hydrogen-bond donors (Lipinski definition) is 0. The van der Waals surface area contributed by atoms with Gasteiger partial charge < -0.3 is 9.05 Å². The molecule has 0 radical (unpaired) electrons. The molecule has 0 fully saturated rings. The van der Waals surface area contributed by atoms with Gasteiger partial charge in [0.1, 0.15) is 0 Å². The van der Waals surface area contributed by atoms with Crippen LogP contribution in [0.3, 0.4) is 0 Å². The van der Waals surface area contributed by atoms with Crippen LogP contribution < -0.4 is 0 Å². The zero-order valence-electron chi connectivity index (χ0n) is 9.78. The van der Waals surface area contributed by atoms with E-state index in [1.54, 1.807) is 19.9 Å². The summed E-state index contributed by atoms with van der Waals surface area (Å²) in [6.45, 7) is 4.31. The van der Waals surface area contributed by atoms with Crippen molar-refractivity contribution in [2.24, 2.45) is 0 Å². The summed E-state index contributed by atoms with van der Waals surface area (Å²) in [5, 5.41) is 0.585. The topological polar surface area (TPSA) is 35.5 Å². The van der Waals surface area contributed by atoms with Gasteiger partial charge in [-0.3, -0.25) is 4.57 Å². The minimum absolute atomic E-state index is 0.238. The van der Waals surface area contributed by atoms with Crippen LogP contribution >= 0.6 is 35.1 Å². The van der Waals surface area contributed by atoms with Crippen molar-refractivity contribution in [2.75, 3.05) is 13.2 Å². The number of hydrogen-bond acceptors (Lipinski definition) is 3. The SMILES string of the molecule is CCOP(=O)(Cc1ccc(Br)c(Cl)c1)OCC. The van der Waals surface area contributed by atoms with Crippen molar-refractivity contribution in [1.82, 2.24) is 0 Å². The van der Waals surface area contributed by atoms with Gasteiger partial charge in [-0.05, 0) is 47.5 Å². The van der Waals surface area contributed by atoms with Crippen molar-refractivity contribution in [3.05, 3.63) is 33.3 Å². The lowest BCUT2D eigenvalue weighted by molar-refractivity contribution is 0.219. The molecular weight excluding hydrogens is 326 g/mol. The summed E-state index contributed by atoms with van der Waals surface area (Å²) >= 11 is 9.29. The average Bonchev–Trinajstić information content (AvgIpc) is 2.24. The van der Waals surface area contributed by atoms with E-state index in [0.717, 1.165) is 10.0 Å². The van der Waals surface area contributed by atoms with Crippen LogP contribution in [0.15, 0.2) is 22.7 Å². The van der Waals surface area contributed by atoms with E-state index in [2.05, 4.69) is 15.9 Å². The van der Waals surface area contributed by atoms with Crippen LogP contribution in [0.2, 0.25) is 5.02 Å². The normalized spacial score (nSPS) is 11.8. The van der Waals surface area contributed by atoms with Gasteiger partial charge in [-0.1, -0.05) is 17.7 Å². The molecule has 96 valence electrons. The Labute approximate surface area is 115 Å². The Morgan fingerprint density at radius 2 is 1.88 bits per heavy atom. The lowest BCUT2D eigenvalue weighted by Gasteiger charge is -2.17. The quantitative estimate of drug-likeness (QED) is 0.693. The van der Waals surface area contributed by atoms with Gasteiger partial charge in [-0.15, -0.1) is 0 Å². The first-order chi connectivity index (χ1) is 8.00. The van der Waals surface area contributed by atoms with E-state index in [0.29, 0.717) is 18.2 Å². The fourth-order valence-corrected chi connectivity index (χ4v) is 3.52. The zero-order chi connectivity index (χ0) is 12.9. The molecule has 0 unspecified atom stereocenters. The molecule has 0 saturated heterocycles. The fraction of sp³-hybridized carbons (Fsp3) is 0.455. The molecule has 0 aliphatic carbocycles. The minimum Gasteiger partial charge on any atom is -0.309 e. The summed E-state index contributed by atoms with van der Waals surface area (Å²) in [6, 6.07) is 5.43. The van der Waals surface area contributed by atoms with Crippen molar-refractivity contribution < 1.29 is 13.6 Å². The minimum atomic E-state index is -3.05. The van der Waals surface area contributed by atoms with Gasteiger partial charge in [0.2, 0.25) is 0 Å². The monoisotopic (exact) mass is 340 g/mol. The zero-order valence-corrected chi connectivity index (χ0v) is 13.0. The summed E-state index contributed by atoms with van der Waals surface area (Å²) in [6.07, 6.45) is 0.238. The van der Waals surface area contributed by atoms with Crippen LogP contribution in [0, 0.1) is 0 Å². The van der Waals surface area contributed by atoms with Crippen molar-refractivity contribution in [3.63, 3.8) is 0 Å². The maximum Gasteiger partial charge on any atom is 0.335 e. The van der Waals surface area contributed by atoms with Gasteiger partial charge in [0.05, 0.1) is 24.4 Å². The number of benzene rings is 1. The predicted octanol–water partition coefficient (Wildman–Crippen LogP) is 4.87. The first-order valence-corrected chi connectivity index (χ1v) is 8.22. The Morgan fingerprint density at radius 1 is 1.29 bits per heavy atom. The highest BCUT2D eigenvalue weighted by molar-refractivity contribution is 9.10. The molecule has 0 heterocycles. The number of halogens is 2. The van der Waals surface area contributed by atoms with Crippen LogP contribution in [0.25, 0.3) is 0 Å². The summed E-state index contributed by atoms with van der Waals surface area (Å²) < 4.78 is 23.5. The van der Waals surface area contributed by atoms with E-state index in [4.69, 9.17) is 20.6 Å². The Balaban J connectivity index is 2.86. The highest BCUT2D eigenvalue weighted by Crippen LogP contribution is 2.51. The first kappa shape index (κ1) is 15.2.